The summed E-state index contributed by atoms with van der Waals surface area (Å²) in [6.07, 6.45) is 4.76. The van der Waals surface area contributed by atoms with Crippen LogP contribution in [0.3, 0.4) is 0 Å². The van der Waals surface area contributed by atoms with Crippen molar-refractivity contribution in [1.29, 1.82) is 0 Å². The molecule has 21 heavy (non-hydrogen) atoms. The van der Waals surface area contributed by atoms with Gasteiger partial charge in [0.1, 0.15) is 0 Å². The maximum atomic E-state index is 5.36. The number of aryl methyl sites for hydroxylation is 1. The van der Waals surface area contributed by atoms with Gasteiger partial charge in [-0.05, 0) is 31.0 Å². The van der Waals surface area contributed by atoms with Gasteiger partial charge in [0.25, 0.3) is 0 Å². The van der Waals surface area contributed by atoms with Crippen LogP contribution in [0.15, 0.2) is 36.7 Å². The Balaban J connectivity index is 1.96. The van der Waals surface area contributed by atoms with E-state index in [1.807, 2.05) is 37.5 Å². The molecule has 0 fully saturated rings. The molecule has 0 unspecified atom stereocenters. The molecular weight excluding hydrogens is 266 g/mol. The molecule has 114 valence electrons. The maximum absolute atomic E-state index is 5.36. The zero-order chi connectivity index (χ0) is 14.9. The van der Waals surface area contributed by atoms with Gasteiger partial charge >= 0.3 is 0 Å². The highest BCUT2D eigenvalue weighted by atomic mass is 16.5. The second-order valence-corrected chi connectivity index (χ2v) is 4.75. The summed E-state index contributed by atoms with van der Waals surface area (Å²) in [6, 6.07) is 8.16. The van der Waals surface area contributed by atoms with E-state index >= 15 is 0 Å². The zero-order valence-electron chi connectivity index (χ0n) is 12.7. The van der Waals surface area contributed by atoms with E-state index in [4.69, 9.17) is 9.47 Å². The van der Waals surface area contributed by atoms with Crippen LogP contribution in [0.1, 0.15) is 18.9 Å². The first-order valence-corrected chi connectivity index (χ1v) is 7.27. The van der Waals surface area contributed by atoms with Gasteiger partial charge in [0, 0.05) is 44.9 Å². The molecule has 0 bridgehead atoms. The molecule has 0 radical (unpaired) electrons. The summed E-state index contributed by atoms with van der Waals surface area (Å²) < 4.78 is 12.6. The first kappa shape index (κ1) is 15.5. The summed E-state index contributed by atoms with van der Waals surface area (Å²) in [4.78, 5) is 4.37. The van der Waals surface area contributed by atoms with Crippen LogP contribution < -0.4 is 5.32 Å². The highest BCUT2D eigenvalue weighted by molar-refractivity contribution is 5.54. The Hall–Kier alpha value is -1.85. The standard InChI is InChI=1S/C16H23N3O2/c1-3-21-11-5-9-19-10-8-17-16(19)18-15-7-4-6-14(12-15)13-20-2/h4,6-8,10,12H,3,5,9,11,13H2,1-2H3,(H,17,18). The molecule has 0 spiro atoms. The first-order chi connectivity index (χ1) is 10.3. The molecule has 0 saturated heterocycles. The van der Waals surface area contributed by atoms with Gasteiger partial charge in [0.15, 0.2) is 0 Å². The van der Waals surface area contributed by atoms with E-state index in [1.54, 1.807) is 7.11 Å². The molecule has 5 nitrogen and oxygen atoms in total. The Bertz CT molecular complexity index is 540. The van der Waals surface area contributed by atoms with Gasteiger partial charge in [0.2, 0.25) is 5.95 Å². The molecule has 1 N–H and O–H groups in total. The monoisotopic (exact) mass is 289 g/mol. The number of nitrogens with zero attached hydrogens (tertiary/aromatic N) is 2. The van der Waals surface area contributed by atoms with E-state index in [0.717, 1.165) is 43.4 Å². The molecule has 0 aliphatic rings. The molecule has 5 heteroatoms. The summed E-state index contributed by atoms with van der Waals surface area (Å²) in [5.41, 5.74) is 2.15. The lowest BCUT2D eigenvalue weighted by molar-refractivity contribution is 0.142. The average Bonchev–Trinajstić information content (AvgIpc) is 2.92. The summed E-state index contributed by atoms with van der Waals surface area (Å²) in [7, 11) is 1.70. The smallest absolute Gasteiger partial charge is 0.207 e. The fraction of sp³-hybridized carbons (Fsp3) is 0.438. The third-order valence-corrected chi connectivity index (χ3v) is 3.10. The quantitative estimate of drug-likeness (QED) is 0.720. The van der Waals surface area contributed by atoms with Gasteiger partial charge in [-0.25, -0.2) is 4.98 Å². The summed E-state index contributed by atoms with van der Waals surface area (Å²) in [5.74, 6) is 0.848. The SMILES string of the molecule is CCOCCCn1ccnc1Nc1cccc(COC)c1. The van der Waals surface area contributed by atoms with Crippen molar-refractivity contribution in [2.24, 2.45) is 0 Å². The number of imidazole rings is 1. The predicted octanol–water partition coefficient (Wildman–Crippen LogP) is 3.20. The third-order valence-electron chi connectivity index (χ3n) is 3.10. The van der Waals surface area contributed by atoms with Crippen molar-refractivity contribution in [2.75, 3.05) is 25.6 Å². The molecule has 2 rings (SSSR count). The predicted molar refractivity (Wildman–Crippen MR) is 83.8 cm³/mol. The van der Waals surface area contributed by atoms with Crippen LogP contribution in [0.2, 0.25) is 0 Å². The zero-order valence-corrected chi connectivity index (χ0v) is 12.7. The van der Waals surface area contributed by atoms with Gasteiger partial charge in [-0.3, -0.25) is 0 Å². The van der Waals surface area contributed by atoms with Crippen molar-refractivity contribution in [3.8, 4) is 0 Å². The number of hydrogen-bond donors (Lipinski definition) is 1. The molecule has 0 aliphatic heterocycles. The summed E-state index contributed by atoms with van der Waals surface area (Å²) >= 11 is 0. The van der Waals surface area contributed by atoms with E-state index in [-0.39, 0.29) is 0 Å². The highest BCUT2D eigenvalue weighted by Crippen LogP contribution is 2.17. The fourth-order valence-corrected chi connectivity index (χ4v) is 2.13. The molecule has 0 aliphatic carbocycles. The van der Waals surface area contributed by atoms with Crippen LogP contribution in [0.4, 0.5) is 11.6 Å². The first-order valence-electron chi connectivity index (χ1n) is 7.27. The molecule has 0 saturated carbocycles. The second kappa shape index (κ2) is 8.44. The van der Waals surface area contributed by atoms with Crippen LogP contribution in [0.25, 0.3) is 0 Å². The number of ether oxygens (including phenoxy) is 2. The summed E-state index contributed by atoms with van der Waals surface area (Å²) in [6.45, 7) is 5.05. The lowest BCUT2D eigenvalue weighted by Crippen LogP contribution is -2.06. The van der Waals surface area contributed by atoms with E-state index in [1.165, 1.54) is 0 Å². The largest absolute Gasteiger partial charge is 0.382 e. The van der Waals surface area contributed by atoms with E-state index in [2.05, 4.69) is 20.9 Å². The molecule has 2 aromatic rings. The molecule has 1 heterocycles. The van der Waals surface area contributed by atoms with Gasteiger partial charge in [-0.2, -0.15) is 0 Å². The maximum Gasteiger partial charge on any atom is 0.207 e. The second-order valence-electron chi connectivity index (χ2n) is 4.75. The fourth-order valence-electron chi connectivity index (χ4n) is 2.13. The molecule has 1 aromatic carbocycles. The minimum absolute atomic E-state index is 0.609. The van der Waals surface area contributed by atoms with Crippen LogP contribution in [0, 0.1) is 0 Å². The van der Waals surface area contributed by atoms with Gasteiger partial charge < -0.3 is 19.4 Å². The number of hydrogen-bond acceptors (Lipinski definition) is 4. The summed E-state index contributed by atoms with van der Waals surface area (Å²) in [5, 5.41) is 3.35. The highest BCUT2D eigenvalue weighted by Gasteiger charge is 2.03. The minimum Gasteiger partial charge on any atom is -0.382 e. The van der Waals surface area contributed by atoms with Crippen molar-refractivity contribution in [2.45, 2.75) is 26.5 Å². The molecule has 0 atom stereocenters. The number of aromatic nitrogens is 2. The number of anilines is 2. The molecule has 0 amide bonds. The number of benzene rings is 1. The van der Waals surface area contributed by atoms with Crippen molar-refractivity contribution in [3.05, 3.63) is 42.2 Å². The molecular formula is C16H23N3O2. The van der Waals surface area contributed by atoms with Gasteiger partial charge in [0.05, 0.1) is 6.61 Å². The Morgan fingerprint density at radius 2 is 2.24 bits per heavy atom. The Kier molecular flexibility index (Phi) is 6.24. The Labute approximate surface area is 125 Å². The van der Waals surface area contributed by atoms with E-state index in [9.17, 15) is 0 Å². The normalized spacial score (nSPS) is 10.8. The third kappa shape index (κ3) is 4.88. The van der Waals surface area contributed by atoms with Crippen LogP contribution in [-0.2, 0) is 22.6 Å². The number of methoxy groups -OCH3 is 1. The van der Waals surface area contributed by atoms with Crippen LogP contribution in [-0.4, -0.2) is 29.9 Å². The lowest BCUT2D eigenvalue weighted by atomic mass is 10.2. The number of nitrogens with one attached hydrogen (secondary N) is 1. The Morgan fingerprint density at radius 1 is 1.33 bits per heavy atom. The topological polar surface area (TPSA) is 48.3 Å². The van der Waals surface area contributed by atoms with Crippen molar-refractivity contribution >= 4 is 11.6 Å². The van der Waals surface area contributed by atoms with Crippen molar-refractivity contribution in [3.63, 3.8) is 0 Å². The van der Waals surface area contributed by atoms with Crippen molar-refractivity contribution in [1.82, 2.24) is 9.55 Å². The van der Waals surface area contributed by atoms with E-state index < -0.39 is 0 Å². The van der Waals surface area contributed by atoms with E-state index in [0.29, 0.717) is 6.61 Å². The molecule has 1 aromatic heterocycles. The number of rotatable bonds is 9. The van der Waals surface area contributed by atoms with Crippen LogP contribution in [0.5, 0.6) is 0 Å². The Morgan fingerprint density at radius 3 is 3.05 bits per heavy atom. The lowest BCUT2D eigenvalue weighted by Gasteiger charge is -2.11. The average molecular weight is 289 g/mol. The van der Waals surface area contributed by atoms with Gasteiger partial charge in [-0.1, -0.05) is 12.1 Å². The van der Waals surface area contributed by atoms with Crippen molar-refractivity contribution < 1.29 is 9.47 Å². The minimum atomic E-state index is 0.609. The van der Waals surface area contributed by atoms with Crippen LogP contribution >= 0.6 is 0 Å². The van der Waals surface area contributed by atoms with Gasteiger partial charge in [-0.15, -0.1) is 0 Å².